The number of hydrogen-bond acceptors (Lipinski definition) is 6. The van der Waals surface area contributed by atoms with E-state index in [1.54, 1.807) is 30.3 Å². The highest BCUT2D eigenvalue weighted by Gasteiger charge is 2.20. The minimum Gasteiger partial charge on any atom is -0.496 e. The Balaban J connectivity index is 1.79. The number of fused-ring (bicyclic) bond motifs is 1. The quantitative estimate of drug-likeness (QED) is 0.280. The van der Waals surface area contributed by atoms with Crippen LogP contribution in [-0.2, 0) is 10.0 Å². The van der Waals surface area contributed by atoms with Gasteiger partial charge in [0.25, 0.3) is 0 Å². The van der Waals surface area contributed by atoms with Gasteiger partial charge in [-0.25, -0.2) is 22.9 Å². The smallest absolute Gasteiger partial charge is 0.416 e. The fraction of sp³-hybridized carbons (Fsp3) is 0.0769. The molecule has 1 aromatic heterocycles. The Labute approximate surface area is 207 Å². The summed E-state index contributed by atoms with van der Waals surface area (Å²) in [5.74, 6) is 0.413. The fourth-order valence-electron chi connectivity index (χ4n) is 3.88. The van der Waals surface area contributed by atoms with E-state index in [0.29, 0.717) is 33.8 Å². The number of aromatic nitrogens is 1. The molecule has 0 saturated carbocycles. The molecule has 10 heteroatoms. The molecule has 0 amide bonds. The Morgan fingerprint density at radius 3 is 2.22 bits per heavy atom. The van der Waals surface area contributed by atoms with E-state index in [1.165, 1.54) is 55.2 Å². The summed E-state index contributed by atoms with van der Waals surface area (Å²) in [6, 6.07) is 17.4. The summed E-state index contributed by atoms with van der Waals surface area (Å²) in [5, 5.41) is 15.8. The minimum absolute atomic E-state index is 0.0988. The molecular weight excluding hydrogens is 484 g/mol. The number of sulfonamides is 1. The minimum atomic E-state index is -3.87. The Morgan fingerprint density at radius 1 is 0.944 bits per heavy atom. The van der Waals surface area contributed by atoms with Crippen molar-refractivity contribution in [2.75, 3.05) is 14.2 Å². The highest BCUT2D eigenvalue weighted by molar-refractivity contribution is 7.89. The molecule has 0 aliphatic heterocycles. The van der Waals surface area contributed by atoms with Gasteiger partial charge in [0, 0.05) is 28.1 Å². The largest absolute Gasteiger partial charge is 0.496 e. The number of allylic oxidation sites excluding steroid dienone is 1. The molecule has 0 unspecified atom stereocenters. The maximum atomic E-state index is 12.7. The second-order valence-corrected chi connectivity index (χ2v) is 9.33. The van der Waals surface area contributed by atoms with Crippen LogP contribution in [0.25, 0.3) is 28.2 Å². The van der Waals surface area contributed by atoms with E-state index in [4.69, 9.17) is 14.6 Å². The van der Waals surface area contributed by atoms with Crippen molar-refractivity contribution in [1.82, 2.24) is 4.57 Å². The number of para-hydroxylation sites is 1. The van der Waals surface area contributed by atoms with Crippen molar-refractivity contribution in [3.05, 3.63) is 83.9 Å². The van der Waals surface area contributed by atoms with Crippen LogP contribution in [0, 0.1) is 0 Å². The highest BCUT2D eigenvalue weighted by Crippen LogP contribution is 2.39. The topological polar surface area (TPSA) is 138 Å². The molecule has 9 nitrogen and oxygen atoms in total. The number of ketones is 1. The standard InChI is InChI=1S/C26H22N2O7S/c1-34-24-15-25(35-2)20(22-14-17-5-3-4-6-21(17)28(22)26(30)31)13-18(24)9-12-23(29)16-7-10-19(11-8-16)36(27,32)33/h3-15H,1-2H3,(H,30,31)(H2,27,32,33). The van der Waals surface area contributed by atoms with E-state index in [0.717, 1.165) is 5.39 Å². The molecule has 0 bridgehead atoms. The SMILES string of the molecule is COc1cc(OC)c(-c2cc3ccccc3n2C(=O)O)cc1C=CC(=O)c1ccc(S(N)(=O)=O)cc1. The molecule has 3 N–H and O–H groups in total. The Kier molecular flexibility index (Phi) is 6.65. The normalized spacial score (nSPS) is 11.6. The number of carbonyl (C=O) groups is 2. The summed E-state index contributed by atoms with van der Waals surface area (Å²) in [5.41, 5.74) is 2.17. The molecule has 36 heavy (non-hydrogen) atoms. The predicted molar refractivity (Wildman–Crippen MR) is 135 cm³/mol. The zero-order chi connectivity index (χ0) is 26.0. The molecule has 0 saturated heterocycles. The number of carbonyl (C=O) groups excluding carboxylic acids is 1. The molecule has 184 valence electrons. The predicted octanol–water partition coefficient (Wildman–Crippen LogP) is 4.40. The van der Waals surface area contributed by atoms with Crippen LogP contribution in [0.2, 0.25) is 0 Å². The number of hydrogen-bond donors (Lipinski definition) is 2. The van der Waals surface area contributed by atoms with Crippen molar-refractivity contribution in [2.45, 2.75) is 4.90 Å². The van der Waals surface area contributed by atoms with Crippen molar-refractivity contribution in [2.24, 2.45) is 5.14 Å². The second-order valence-electron chi connectivity index (χ2n) is 7.77. The van der Waals surface area contributed by atoms with Gasteiger partial charge in [-0.1, -0.05) is 18.2 Å². The van der Waals surface area contributed by atoms with Crippen LogP contribution in [0.5, 0.6) is 11.5 Å². The van der Waals surface area contributed by atoms with Gasteiger partial charge < -0.3 is 14.6 Å². The molecule has 0 aliphatic carbocycles. The summed E-state index contributed by atoms with van der Waals surface area (Å²) in [7, 11) is -0.934. The van der Waals surface area contributed by atoms with Crippen LogP contribution in [0.15, 0.2) is 77.7 Å². The second kappa shape index (κ2) is 9.68. The van der Waals surface area contributed by atoms with Gasteiger partial charge in [0.15, 0.2) is 5.78 Å². The van der Waals surface area contributed by atoms with E-state index in [-0.39, 0.29) is 16.2 Å². The highest BCUT2D eigenvalue weighted by atomic mass is 32.2. The first-order chi connectivity index (χ1) is 17.1. The Morgan fingerprint density at radius 2 is 1.61 bits per heavy atom. The molecule has 0 spiro atoms. The lowest BCUT2D eigenvalue weighted by Crippen LogP contribution is -2.12. The first-order valence-electron chi connectivity index (χ1n) is 10.6. The number of nitrogens with zero attached hydrogens (tertiary/aromatic N) is 1. The third-order valence-corrected chi connectivity index (χ3v) is 6.54. The van der Waals surface area contributed by atoms with Gasteiger partial charge in [-0.2, -0.15) is 0 Å². The van der Waals surface area contributed by atoms with Crippen LogP contribution in [0.4, 0.5) is 4.79 Å². The lowest BCUT2D eigenvalue weighted by Gasteiger charge is -2.14. The number of methoxy groups -OCH3 is 2. The maximum Gasteiger partial charge on any atom is 0.416 e. The summed E-state index contributed by atoms with van der Waals surface area (Å²) in [4.78, 5) is 24.7. The molecule has 0 fully saturated rings. The van der Waals surface area contributed by atoms with E-state index in [1.807, 2.05) is 12.1 Å². The number of primary sulfonamides is 1. The third-order valence-electron chi connectivity index (χ3n) is 5.61. The Hall–Kier alpha value is -4.41. The zero-order valence-electron chi connectivity index (χ0n) is 19.3. The average molecular weight is 507 g/mol. The summed E-state index contributed by atoms with van der Waals surface area (Å²) < 4.78 is 35.0. The van der Waals surface area contributed by atoms with E-state index < -0.39 is 16.1 Å². The van der Waals surface area contributed by atoms with Gasteiger partial charge in [-0.05, 0) is 54.6 Å². The van der Waals surface area contributed by atoms with Crippen LogP contribution < -0.4 is 14.6 Å². The van der Waals surface area contributed by atoms with Gasteiger partial charge in [0.05, 0.1) is 30.3 Å². The van der Waals surface area contributed by atoms with Gasteiger partial charge in [-0.3, -0.25) is 4.79 Å². The maximum absolute atomic E-state index is 12.7. The van der Waals surface area contributed by atoms with E-state index in [9.17, 15) is 23.1 Å². The van der Waals surface area contributed by atoms with Gasteiger partial charge >= 0.3 is 6.09 Å². The van der Waals surface area contributed by atoms with Crippen LogP contribution in [0.1, 0.15) is 15.9 Å². The van der Waals surface area contributed by atoms with E-state index >= 15 is 0 Å². The summed E-state index contributed by atoms with van der Waals surface area (Å²) in [6.45, 7) is 0. The van der Waals surface area contributed by atoms with Gasteiger partial charge in [-0.15, -0.1) is 0 Å². The van der Waals surface area contributed by atoms with Crippen LogP contribution in [0.3, 0.4) is 0 Å². The van der Waals surface area contributed by atoms with Gasteiger partial charge in [0.2, 0.25) is 10.0 Å². The number of nitrogens with two attached hydrogens (primary N) is 1. The molecule has 0 atom stereocenters. The number of rotatable bonds is 7. The monoisotopic (exact) mass is 506 g/mol. The molecule has 0 aliphatic rings. The number of benzene rings is 3. The molecule has 0 radical (unpaired) electrons. The van der Waals surface area contributed by atoms with Crippen molar-refractivity contribution >= 4 is 38.9 Å². The van der Waals surface area contributed by atoms with Crippen molar-refractivity contribution in [3.8, 4) is 22.8 Å². The average Bonchev–Trinajstić information content (AvgIpc) is 3.26. The molecular formula is C26H22N2O7S. The zero-order valence-corrected chi connectivity index (χ0v) is 20.2. The van der Waals surface area contributed by atoms with Crippen LogP contribution in [-0.4, -0.2) is 44.2 Å². The molecule has 3 aromatic carbocycles. The lowest BCUT2D eigenvalue weighted by atomic mass is 10.0. The Bertz CT molecular complexity index is 1620. The molecule has 1 heterocycles. The van der Waals surface area contributed by atoms with Crippen molar-refractivity contribution < 1.29 is 32.6 Å². The molecule has 4 aromatic rings. The van der Waals surface area contributed by atoms with Crippen LogP contribution >= 0.6 is 0 Å². The number of carboxylic acid groups (broad SMARTS) is 1. The van der Waals surface area contributed by atoms with Crippen molar-refractivity contribution in [1.29, 1.82) is 0 Å². The first-order valence-corrected chi connectivity index (χ1v) is 12.1. The summed E-state index contributed by atoms with van der Waals surface area (Å²) in [6.07, 6.45) is 1.69. The van der Waals surface area contributed by atoms with Gasteiger partial charge in [0.1, 0.15) is 11.5 Å². The van der Waals surface area contributed by atoms with E-state index in [2.05, 4.69) is 0 Å². The molecule has 4 rings (SSSR count). The third kappa shape index (κ3) is 4.72. The number of ether oxygens (including phenoxy) is 2. The lowest BCUT2D eigenvalue weighted by molar-refractivity contribution is 0.104. The fourth-order valence-corrected chi connectivity index (χ4v) is 4.40. The van der Waals surface area contributed by atoms with Crippen molar-refractivity contribution in [3.63, 3.8) is 0 Å². The first kappa shape index (κ1) is 24.7. The summed E-state index contributed by atoms with van der Waals surface area (Å²) >= 11 is 0.